The summed E-state index contributed by atoms with van der Waals surface area (Å²) >= 11 is 5.91. The van der Waals surface area contributed by atoms with E-state index in [1.807, 2.05) is 6.07 Å². The number of rotatable bonds is 3. The van der Waals surface area contributed by atoms with Crippen molar-refractivity contribution in [2.75, 3.05) is 0 Å². The van der Waals surface area contributed by atoms with Crippen LogP contribution in [0.15, 0.2) is 24.3 Å². The van der Waals surface area contributed by atoms with Gasteiger partial charge in [-0.05, 0) is 35.0 Å². The number of hydrogen-bond acceptors (Lipinski definition) is 3. The highest BCUT2D eigenvalue weighted by atomic mass is 35.5. The van der Waals surface area contributed by atoms with Crippen molar-refractivity contribution in [3.63, 3.8) is 0 Å². The highest BCUT2D eigenvalue weighted by Crippen LogP contribution is 2.16. The summed E-state index contributed by atoms with van der Waals surface area (Å²) in [4.78, 5) is 0. The lowest BCUT2D eigenvalue weighted by Crippen LogP contribution is -2.07. The quantitative estimate of drug-likeness (QED) is 0.773. The normalized spacial score (nSPS) is 12.7. The summed E-state index contributed by atoms with van der Waals surface area (Å²) in [6, 6.07) is 6.31. The Morgan fingerprint density at radius 3 is 3.00 bits per heavy atom. The van der Waals surface area contributed by atoms with E-state index < -0.39 is 0 Å². The third-order valence-electron chi connectivity index (χ3n) is 2.14. The molecule has 1 unspecified atom stereocenters. The van der Waals surface area contributed by atoms with Crippen molar-refractivity contribution < 1.29 is 4.39 Å². The molecule has 84 valence electrons. The Bertz CT molecular complexity index is 483. The first-order valence-electron chi connectivity index (χ1n) is 4.81. The molecule has 0 spiro atoms. The van der Waals surface area contributed by atoms with Crippen molar-refractivity contribution in [3.8, 4) is 0 Å². The van der Waals surface area contributed by atoms with E-state index in [2.05, 4.69) is 15.5 Å². The average Bonchev–Trinajstić information content (AvgIpc) is 2.66. The van der Waals surface area contributed by atoms with Crippen molar-refractivity contribution >= 4 is 11.6 Å². The fourth-order valence-corrected chi connectivity index (χ4v) is 1.57. The molecule has 2 rings (SSSR count). The molecule has 0 aliphatic rings. The van der Waals surface area contributed by atoms with Gasteiger partial charge in [0.25, 0.3) is 0 Å². The standard InChI is InChI=1S/C10H10ClFN4/c1-7(11)10-13-14-15-16(10)6-8-3-2-4-9(12)5-8/h2-5,7H,6H2,1H3. The Hall–Kier alpha value is -1.49. The molecular formula is C10H10ClFN4. The molecule has 1 aromatic carbocycles. The maximum atomic E-state index is 13.0. The Morgan fingerprint density at radius 1 is 1.50 bits per heavy atom. The predicted molar refractivity (Wildman–Crippen MR) is 57.6 cm³/mol. The summed E-state index contributed by atoms with van der Waals surface area (Å²) < 4.78 is 14.5. The molecule has 0 radical (unpaired) electrons. The SMILES string of the molecule is CC(Cl)c1nnnn1Cc1cccc(F)c1. The van der Waals surface area contributed by atoms with E-state index in [1.165, 1.54) is 12.1 Å². The highest BCUT2D eigenvalue weighted by molar-refractivity contribution is 6.20. The zero-order valence-corrected chi connectivity index (χ0v) is 9.39. The van der Waals surface area contributed by atoms with Gasteiger partial charge in [0.1, 0.15) is 5.82 Å². The molecular weight excluding hydrogens is 231 g/mol. The van der Waals surface area contributed by atoms with Crippen LogP contribution >= 0.6 is 11.6 Å². The molecule has 6 heteroatoms. The van der Waals surface area contributed by atoms with Crippen LogP contribution in [0.3, 0.4) is 0 Å². The lowest BCUT2D eigenvalue weighted by atomic mass is 10.2. The number of alkyl halides is 1. The fraction of sp³-hybridized carbons (Fsp3) is 0.300. The molecule has 16 heavy (non-hydrogen) atoms. The van der Waals surface area contributed by atoms with Crippen LogP contribution in [-0.4, -0.2) is 20.2 Å². The fourth-order valence-electron chi connectivity index (χ4n) is 1.42. The number of nitrogens with zero attached hydrogens (tertiary/aromatic N) is 4. The lowest BCUT2D eigenvalue weighted by molar-refractivity contribution is 0.602. The van der Waals surface area contributed by atoms with Gasteiger partial charge in [0, 0.05) is 0 Å². The molecule has 0 saturated heterocycles. The van der Waals surface area contributed by atoms with Crippen LogP contribution in [0.5, 0.6) is 0 Å². The Balaban J connectivity index is 2.24. The summed E-state index contributed by atoms with van der Waals surface area (Å²) in [5, 5.41) is 10.9. The van der Waals surface area contributed by atoms with Crippen LogP contribution in [0, 0.1) is 5.82 Å². The minimum absolute atomic E-state index is 0.272. The third-order valence-corrected chi connectivity index (χ3v) is 2.33. The second-order valence-electron chi connectivity index (χ2n) is 3.44. The number of benzene rings is 1. The maximum absolute atomic E-state index is 13.0. The summed E-state index contributed by atoms with van der Waals surface area (Å²) in [6.07, 6.45) is 0. The molecule has 0 N–H and O–H groups in total. The van der Waals surface area contributed by atoms with Crippen LogP contribution in [0.1, 0.15) is 23.7 Å². The molecule has 0 amide bonds. The van der Waals surface area contributed by atoms with E-state index in [0.717, 1.165) is 5.56 Å². The Kier molecular flexibility index (Phi) is 3.14. The van der Waals surface area contributed by atoms with Crippen LogP contribution < -0.4 is 0 Å². The van der Waals surface area contributed by atoms with Gasteiger partial charge >= 0.3 is 0 Å². The number of aromatic nitrogens is 4. The van der Waals surface area contributed by atoms with Gasteiger partial charge in [0.15, 0.2) is 5.82 Å². The third kappa shape index (κ3) is 2.36. The van der Waals surface area contributed by atoms with E-state index >= 15 is 0 Å². The topological polar surface area (TPSA) is 43.6 Å². The zero-order chi connectivity index (χ0) is 11.5. The number of halogens is 2. The Labute approximate surface area is 97.0 Å². The molecule has 0 fully saturated rings. The van der Waals surface area contributed by atoms with Gasteiger partial charge in [0.05, 0.1) is 11.9 Å². The van der Waals surface area contributed by atoms with Crippen molar-refractivity contribution in [2.45, 2.75) is 18.8 Å². The minimum atomic E-state index is -0.274. The van der Waals surface area contributed by atoms with Crippen molar-refractivity contribution in [3.05, 3.63) is 41.5 Å². The summed E-state index contributed by atoms with van der Waals surface area (Å²) in [7, 11) is 0. The van der Waals surface area contributed by atoms with Crippen molar-refractivity contribution in [2.24, 2.45) is 0 Å². The summed E-state index contributed by atoms with van der Waals surface area (Å²) in [5.74, 6) is 0.303. The molecule has 0 aliphatic heterocycles. The zero-order valence-electron chi connectivity index (χ0n) is 8.64. The van der Waals surface area contributed by atoms with E-state index in [1.54, 1.807) is 17.7 Å². The molecule has 0 aliphatic carbocycles. The summed E-state index contributed by atoms with van der Waals surface area (Å²) in [5.41, 5.74) is 0.797. The Morgan fingerprint density at radius 2 is 2.31 bits per heavy atom. The van der Waals surface area contributed by atoms with E-state index in [-0.39, 0.29) is 11.2 Å². The first-order valence-corrected chi connectivity index (χ1v) is 5.25. The van der Waals surface area contributed by atoms with E-state index in [9.17, 15) is 4.39 Å². The van der Waals surface area contributed by atoms with E-state index in [4.69, 9.17) is 11.6 Å². The maximum Gasteiger partial charge on any atom is 0.169 e. The number of tetrazole rings is 1. The van der Waals surface area contributed by atoms with E-state index in [0.29, 0.717) is 12.4 Å². The minimum Gasteiger partial charge on any atom is -0.224 e. The lowest BCUT2D eigenvalue weighted by Gasteiger charge is -2.05. The van der Waals surface area contributed by atoms with Gasteiger partial charge in [-0.2, -0.15) is 0 Å². The highest BCUT2D eigenvalue weighted by Gasteiger charge is 2.11. The van der Waals surface area contributed by atoms with Crippen molar-refractivity contribution in [1.29, 1.82) is 0 Å². The molecule has 1 atom stereocenters. The molecule has 2 aromatic rings. The first-order chi connectivity index (χ1) is 7.66. The van der Waals surface area contributed by atoms with Crippen molar-refractivity contribution in [1.82, 2.24) is 20.2 Å². The average molecular weight is 241 g/mol. The van der Waals surface area contributed by atoms with Crippen LogP contribution in [0.2, 0.25) is 0 Å². The van der Waals surface area contributed by atoms with Crippen LogP contribution in [0.4, 0.5) is 4.39 Å². The van der Waals surface area contributed by atoms with Gasteiger partial charge in [0.2, 0.25) is 0 Å². The molecule has 0 bridgehead atoms. The monoisotopic (exact) mass is 240 g/mol. The second kappa shape index (κ2) is 4.57. The largest absolute Gasteiger partial charge is 0.224 e. The smallest absolute Gasteiger partial charge is 0.169 e. The molecule has 4 nitrogen and oxygen atoms in total. The van der Waals surface area contributed by atoms with Gasteiger partial charge in [-0.15, -0.1) is 16.7 Å². The van der Waals surface area contributed by atoms with Crippen LogP contribution in [0.25, 0.3) is 0 Å². The molecule has 1 aromatic heterocycles. The molecule has 1 heterocycles. The van der Waals surface area contributed by atoms with Gasteiger partial charge in [-0.3, -0.25) is 0 Å². The second-order valence-corrected chi connectivity index (χ2v) is 4.10. The van der Waals surface area contributed by atoms with Gasteiger partial charge in [-0.25, -0.2) is 9.07 Å². The van der Waals surface area contributed by atoms with Gasteiger partial charge in [-0.1, -0.05) is 12.1 Å². The van der Waals surface area contributed by atoms with Crippen LogP contribution in [-0.2, 0) is 6.54 Å². The van der Waals surface area contributed by atoms with Gasteiger partial charge < -0.3 is 0 Å². The summed E-state index contributed by atoms with van der Waals surface area (Å²) in [6.45, 7) is 2.20. The number of hydrogen-bond donors (Lipinski definition) is 0. The first kappa shape index (κ1) is 11.0. The molecule has 0 saturated carbocycles. The predicted octanol–water partition coefficient (Wildman–Crippen LogP) is 2.16.